The van der Waals surface area contributed by atoms with Crippen molar-refractivity contribution in [2.45, 2.75) is 45.3 Å². The largest absolute Gasteiger partial charge is 0.397 e. The molecule has 0 radical (unpaired) electrons. The first-order valence-corrected chi connectivity index (χ1v) is 6.90. The Hall–Kier alpha value is -1.49. The predicted octanol–water partition coefficient (Wildman–Crippen LogP) is 1.47. The number of hydrogen-bond donors (Lipinski definition) is 2. The summed E-state index contributed by atoms with van der Waals surface area (Å²) < 4.78 is 1.90. The van der Waals surface area contributed by atoms with Crippen molar-refractivity contribution < 1.29 is 9.90 Å². The minimum Gasteiger partial charge on any atom is -0.397 e. The molecular formula is C14H23N3O2. The first-order valence-electron chi connectivity index (χ1n) is 6.90. The maximum absolute atomic E-state index is 12.5. The standard InChI is InChI=1S/C14H23N3O2/c1-3-6-16-9-11(15)8-12(16)13(18)17-7-4-5-14(2,19)10-17/h8-9,19H,3-7,10,15H2,1-2H3. The van der Waals surface area contributed by atoms with Gasteiger partial charge in [-0.25, -0.2) is 0 Å². The Morgan fingerprint density at radius 1 is 1.58 bits per heavy atom. The van der Waals surface area contributed by atoms with Crippen LogP contribution in [0.5, 0.6) is 0 Å². The molecule has 0 aliphatic carbocycles. The highest BCUT2D eigenvalue weighted by atomic mass is 16.3. The molecule has 1 atom stereocenters. The van der Waals surface area contributed by atoms with E-state index in [-0.39, 0.29) is 5.91 Å². The van der Waals surface area contributed by atoms with Gasteiger partial charge in [-0.1, -0.05) is 6.92 Å². The van der Waals surface area contributed by atoms with Crippen molar-refractivity contribution in [3.63, 3.8) is 0 Å². The van der Waals surface area contributed by atoms with Crippen LogP contribution in [0.2, 0.25) is 0 Å². The van der Waals surface area contributed by atoms with E-state index in [1.54, 1.807) is 24.1 Å². The number of carbonyl (C=O) groups is 1. The molecule has 0 aromatic carbocycles. The first kappa shape index (κ1) is 13.9. The van der Waals surface area contributed by atoms with Gasteiger partial charge in [0.25, 0.3) is 5.91 Å². The molecule has 0 bridgehead atoms. The first-order chi connectivity index (χ1) is 8.93. The maximum atomic E-state index is 12.5. The molecule has 1 aromatic heterocycles. The van der Waals surface area contributed by atoms with Crippen molar-refractivity contribution in [3.05, 3.63) is 18.0 Å². The van der Waals surface area contributed by atoms with Crippen LogP contribution in [-0.4, -0.2) is 39.2 Å². The number of piperidine rings is 1. The number of nitrogens with two attached hydrogens (primary N) is 1. The number of nitrogen functional groups attached to an aromatic ring is 1. The van der Waals surface area contributed by atoms with Gasteiger partial charge in [-0.15, -0.1) is 0 Å². The number of aromatic nitrogens is 1. The summed E-state index contributed by atoms with van der Waals surface area (Å²) in [5.74, 6) is -0.0369. The molecule has 106 valence electrons. The number of β-amino-alcohol motifs (C(OH)–C–C–N with tert-alkyl or cyclic N) is 1. The van der Waals surface area contributed by atoms with Crippen LogP contribution in [0.3, 0.4) is 0 Å². The number of amides is 1. The summed E-state index contributed by atoms with van der Waals surface area (Å²) in [5.41, 5.74) is 6.25. The van der Waals surface area contributed by atoms with Crippen molar-refractivity contribution in [1.82, 2.24) is 9.47 Å². The van der Waals surface area contributed by atoms with Crippen LogP contribution in [0, 0.1) is 0 Å². The normalized spacial score (nSPS) is 23.6. The van der Waals surface area contributed by atoms with E-state index in [9.17, 15) is 9.90 Å². The number of rotatable bonds is 3. The van der Waals surface area contributed by atoms with Crippen molar-refractivity contribution >= 4 is 11.6 Å². The second-order valence-electron chi connectivity index (χ2n) is 5.68. The summed E-state index contributed by atoms with van der Waals surface area (Å²) in [5, 5.41) is 10.1. The number of likely N-dealkylation sites (tertiary alicyclic amines) is 1. The fourth-order valence-corrected chi connectivity index (χ4v) is 2.69. The van der Waals surface area contributed by atoms with Gasteiger partial charge in [0.1, 0.15) is 5.69 Å². The number of aliphatic hydroxyl groups is 1. The average Bonchev–Trinajstić information content (AvgIpc) is 2.68. The highest BCUT2D eigenvalue weighted by molar-refractivity contribution is 5.94. The molecule has 1 fully saturated rings. The van der Waals surface area contributed by atoms with Gasteiger partial charge in [0.2, 0.25) is 0 Å². The molecule has 19 heavy (non-hydrogen) atoms. The quantitative estimate of drug-likeness (QED) is 0.869. The van der Waals surface area contributed by atoms with Crippen LogP contribution in [-0.2, 0) is 6.54 Å². The Bertz CT molecular complexity index is 465. The smallest absolute Gasteiger partial charge is 0.270 e. The third-order valence-corrected chi connectivity index (χ3v) is 3.56. The molecule has 1 aromatic rings. The number of aryl methyl sites for hydroxylation is 1. The number of nitrogens with zero attached hydrogens (tertiary/aromatic N) is 2. The minimum atomic E-state index is -0.776. The fourth-order valence-electron chi connectivity index (χ4n) is 2.69. The summed E-state index contributed by atoms with van der Waals surface area (Å²) in [7, 11) is 0. The van der Waals surface area contributed by atoms with Crippen molar-refractivity contribution in [1.29, 1.82) is 0 Å². The molecule has 1 amide bonds. The van der Waals surface area contributed by atoms with Gasteiger partial charge in [0.05, 0.1) is 11.3 Å². The van der Waals surface area contributed by atoms with E-state index in [0.717, 1.165) is 25.8 Å². The Labute approximate surface area is 114 Å². The van der Waals surface area contributed by atoms with E-state index in [0.29, 0.717) is 24.5 Å². The van der Waals surface area contributed by atoms with Gasteiger partial charge in [0, 0.05) is 25.8 Å². The number of hydrogen-bond acceptors (Lipinski definition) is 3. The number of carbonyl (C=O) groups excluding carboxylic acids is 1. The second kappa shape index (κ2) is 5.25. The summed E-state index contributed by atoms with van der Waals surface area (Å²) in [6.45, 7) is 5.72. The zero-order chi connectivity index (χ0) is 14.0. The highest BCUT2D eigenvalue weighted by Gasteiger charge is 2.32. The zero-order valence-corrected chi connectivity index (χ0v) is 11.7. The SMILES string of the molecule is CCCn1cc(N)cc1C(=O)N1CCCC(C)(O)C1. The lowest BCUT2D eigenvalue weighted by atomic mass is 9.95. The lowest BCUT2D eigenvalue weighted by Crippen LogP contribution is -2.48. The molecular weight excluding hydrogens is 242 g/mol. The van der Waals surface area contributed by atoms with Gasteiger partial charge in [-0.05, 0) is 32.3 Å². The van der Waals surface area contributed by atoms with Crippen molar-refractivity contribution in [2.24, 2.45) is 0 Å². The fraction of sp³-hybridized carbons (Fsp3) is 0.643. The van der Waals surface area contributed by atoms with E-state index >= 15 is 0 Å². The Balaban J connectivity index is 2.19. The van der Waals surface area contributed by atoms with Gasteiger partial charge in [-0.2, -0.15) is 0 Å². The van der Waals surface area contributed by atoms with Crippen LogP contribution in [0.1, 0.15) is 43.6 Å². The van der Waals surface area contributed by atoms with Crippen molar-refractivity contribution in [2.75, 3.05) is 18.8 Å². The van der Waals surface area contributed by atoms with Gasteiger partial charge < -0.3 is 20.3 Å². The molecule has 5 heteroatoms. The molecule has 0 spiro atoms. The molecule has 5 nitrogen and oxygen atoms in total. The third-order valence-electron chi connectivity index (χ3n) is 3.56. The Morgan fingerprint density at radius 3 is 2.95 bits per heavy atom. The van der Waals surface area contributed by atoms with E-state index < -0.39 is 5.60 Å². The molecule has 3 N–H and O–H groups in total. The second-order valence-corrected chi connectivity index (χ2v) is 5.68. The predicted molar refractivity (Wildman–Crippen MR) is 74.9 cm³/mol. The van der Waals surface area contributed by atoms with Gasteiger partial charge >= 0.3 is 0 Å². The Kier molecular flexibility index (Phi) is 3.85. The lowest BCUT2D eigenvalue weighted by Gasteiger charge is -2.36. The van der Waals surface area contributed by atoms with Crippen LogP contribution in [0.15, 0.2) is 12.3 Å². The Morgan fingerprint density at radius 2 is 2.32 bits per heavy atom. The van der Waals surface area contributed by atoms with Crippen molar-refractivity contribution in [3.8, 4) is 0 Å². The topological polar surface area (TPSA) is 71.5 Å². The van der Waals surface area contributed by atoms with Crippen LogP contribution >= 0.6 is 0 Å². The zero-order valence-electron chi connectivity index (χ0n) is 11.7. The monoisotopic (exact) mass is 265 g/mol. The van der Waals surface area contributed by atoms with E-state index in [2.05, 4.69) is 6.92 Å². The summed E-state index contributed by atoms with van der Waals surface area (Å²) >= 11 is 0. The minimum absolute atomic E-state index is 0.0369. The van der Waals surface area contributed by atoms with Gasteiger partial charge in [0.15, 0.2) is 0 Å². The van der Waals surface area contributed by atoms with E-state index in [4.69, 9.17) is 5.73 Å². The third kappa shape index (κ3) is 3.10. The molecule has 1 aliphatic heterocycles. The van der Waals surface area contributed by atoms with E-state index in [1.807, 2.05) is 4.57 Å². The molecule has 1 aliphatic rings. The molecule has 1 saturated heterocycles. The molecule has 1 unspecified atom stereocenters. The molecule has 2 heterocycles. The summed E-state index contributed by atoms with van der Waals surface area (Å²) in [6, 6.07) is 1.72. The van der Waals surface area contributed by atoms with Crippen LogP contribution in [0.25, 0.3) is 0 Å². The van der Waals surface area contributed by atoms with Gasteiger partial charge in [-0.3, -0.25) is 4.79 Å². The van der Waals surface area contributed by atoms with E-state index in [1.165, 1.54) is 0 Å². The van der Waals surface area contributed by atoms with Crippen LogP contribution in [0.4, 0.5) is 5.69 Å². The molecule has 0 saturated carbocycles. The lowest BCUT2D eigenvalue weighted by molar-refractivity contribution is -0.0111. The average molecular weight is 265 g/mol. The van der Waals surface area contributed by atoms with Crippen LogP contribution < -0.4 is 5.73 Å². The summed E-state index contributed by atoms with van der Waals surface area (Å²) in [6.07, 6.45) is 4.34. The highest BCUT2D eigenvalue weighted by Crippen LogP contribution is 2.23. The summed E-state index contributed by atoms with van der Waals surface area (Å²) in [4.78, 5) is 14.3. The maximum Gasteiger partial charge on any atom is 0.270 e. The molecule has 2 rings (SSSR count). The number of anilines is 1.